The molecule has 0 saturated carbocycles. The highest BCUT2D eigenvalue weighted by atomic mass is 35.5. The van der Waals surface area contributed by atoms with Crippen LogP contribution in [0.1, 0.15) is 49.9 Å². The Morgan fingerprint density at radius 3 is 2.36 bits per heavy atom. The van der Waals surface area contributed by atoms with Crippen LogP contribution in [0.3, 0.4) is 0 Å². The lowest BCUT2D eigenvalue weighted by Gasteiger charge is -2.40. The average Bonchev–Trinajstić information content (AvgIpc) is 3.08. The monoisotopic (exact) mass is 524 g/mol. The Balaban J connectivity index is 1.35. The number of carbonyl (C=O) groups is 2. The first-order valence-corrected chi connectivity index (χ1v) is 12.1. The van der Waals surface area contributed by atoms with E-state index in [0.29, 0.717) is 16.6 Å². The Labute approximate surface area is 212 Å². The Hall–Kier alpha value is -3.01. The minimum Gasteiger partial charge on any atom is -0.476 e. The summed E-state index contributed by atoms with van der Waals surface area (Å²) in [5, 5.41) is 5.40. The molecule has 1 aromatic heterocycles. The normalized spacial score (nSPS) is 21.7. The van der Waals surface area contributed by atoms with E-state index in [2.05, 4.69) is 15.2 Å². The SMILES string of the molecule is CC(C)(Oc1ccccc1Cl)C(=O)NC1CC2CCC(C1)N2c1ccc(C(=O)NCC(F)(F)F)cn1. The zero-order valence-corrected chi connectivity index (χ0v) is 20.7. The summed E-state index contributed by atoms with van der Waals surface area (Å²) in [6, 6.07) is 10.4. The molecule has 2 aliphatic heterocycles. The molecule has 0 spiro atoms. The highest BCUT2D eigenvalue weighted by Crippen LogP contribution is 2.39. The molecule has 3 heterocycles. The summed E-state index contributed by atoms with van der Waals surface area (Å²) >= 11 is 6.17. The molecule has 2 fully saturated rings. The Bertz CT molecular complexity index is 1100. The molecular formula is C25H28ClF3N4O3. The molecule has 2 saturated heterocycles. The third-order valence-corrected chi connectivity index (χ3v) is 6.85. The van der Waals surface area contributed by atoms with Crippen molar-refractivity contribution in [3.8, 4) is 5.75 Å². The summed E-state index contributed by atoms with van der Waals surface area (Å²) in [7, 11) is 0. The molecule has 2 N–H and O–H groups in total. The maximum absolute atomic E-state index is 13.0. The van der Waals surface area contributed by atoms with Crippen LogP contribution < -0.4 is 20.3 Å². The van der Waals surface area contributed by atoms with E-state index < -0.39 is 24.2 Å². The van der Waals surface area contributed by atoms with E-state index >= 15 is 0 Å². The summed E-state index contributed by atoms with van der Waals surface area (Å²) in [6.07, 6.45) is 0.138. The topological polar surface area (TPSA) is 83.6 Å². The van der Waals surface area contributed by atoms with Crippen molar-refractivity contribution >= 4 is 29.2 Å². The number of pyridine rings is 1. The van der Waals surface area contributed by atoms with E-state index in [1.807, 2.05) is 5.32 Å². The number of amides is 2. The third kappa shape index (κ3) is 6.03. The maximum Gasteiger partial charge on any atom is 0.405 e. The largest absolute Gasteiger partial charge is 0.476 e. The molecule has 0 aliphatic carbocycles. The number of nitrogens with one attached hydrogen (secondary N) is 2. The third-order valence-electron chi connectivity index (χ3n) is 6.54. The first-order chi connectivity index (χ1) is 16.9. The van der Waals surface area contributed by atoms with E-state index in [1.54, 1.807) is 44.2 Å². The Morgan fingerprint density at radius 2 is 1.78 bits per heavy atom. The van der Waals surface area contributed by atoms with Crippen molar-refractivity contribution in [1.29, 1.82) is 0 Å². The van der Waals surface area contributed by atoms with Crippen LogP contribution in [0.5, 0.6) is 5.75 Å². The number of hydrogen-bond acceptors (Lipinski definition) is 5. The number of nitrogens with zero attached hydrogens (tertiary/aromatic N) is 2. The molecule has 2 unspecified atom stereocenters. The second-order valence-electron chi connectivity index (χ2n) is 9.68. The average molecular weight is 525 g/mol. The number of ether oxygens (including phenoxy) is 1. The summed E-state index contributed by atoms with van der Waals surface area (Å²) in [6.45, 7) is 2.01. The van der Waals surface area contributed by atoms with Crippen LogP contribution in [0.4, 0.5) is 19.0 Å². The number of rotatable bonds is 7. The van der Waals surface area contributed by atoms with Crippen LogP contribution in [0.25, 0.3) is 0 Å². The van der Waals surface area contributed by atoms with E-state index in [-0.39, 0.29) is 29.6 Å². The molecule has 7 nitrogen and oxygen atoms in total. The molecule has 2 aliphatic rings. The van der Waals surface area contributed by atoms with Gasteiger partial charge in [0.2, 0.25) is 0 Å². The molecule has 2 amide bonds. The molecule has 2 atom stereocenters. The molecular weight excluding hydrogens is 497 g/mol. The molecule has 36 heavy (non-hydrogen) atoms. The van der Waals surface area contributed by atoms with Crippen LogP contribution in [0.2, 0.25) is 5.02 Å². The quantitative estimate of drug-likeness (QED) is 0.557. The van der Waals surface area contributed by atoms with Crippen molar-refractivity contribution in [2.45, 2.75) is 69.4 Å². The Morgan fingerprint density at radius 1 is 1.11 bits per heavy atom. The lowest BCUT2D eigenvalue weighted by atomic mass is 9.96. The summed E-state index contributed by atoms with van der Waals surface area (Å²) < 4.78 is 42.9. The lowest BCUT2D eigenvalue weighted by Crippen LogP contribution is -2.55. The highest BCUT2D eigenvalue weighted by Gasteiger charge is 2.43. The smallest absolute Gasteiger partial charge is 0.405 e. The minimum absolute atomic E-state index is 0.0345. The van der Waals surface area contributed by atoms with Crippen molar-refractivity contribution in [2.75, 3.05) is 11.4 Å². The van der Waals surface area contributed by atoms with E-state index in [0.717, 1.165) is 25.7 Å². The minimum atomic E-state index is -4.47. The first kappa shape index (κ1) is 26.1. The second kappa shape index (κ2) is 10.2. The number of hydrogen-bond donors (Lipinski definition) is 2. The van der Waals surface area contributed by atoms with Crippen molar-refractivity contribution in [3.05, 3.63) is 53.2 Å². The van der Waals surface area contributed by atoms with Gasteiger partial charge in [-0.3, -0.25) is 9.59 Å². The van der Waals surface area contributed by atoms with Gasteiger partial charge in [0, 0.05) is 24.3 Å². The predicted molar refractivity (Wildman–Crippen MR) is 129 cm³/mol. The fourth-order valence-corrected chi connectivity index (χ4v) is 5.01. The van der Waals surface area contributed by atoms with Gasteiger partial charge in [0.25, 0.3) is 11.8 Å². The number of piperidine rings is 1. The zero-order valence-electron chi connectivity index (χ0n) is 19.9. The van der Waals surface area contributed by atoms with Crippen LogP contribution in [-0.4, -0.2) is 53.2 Å². The summed E-state index contributed by atoms with van der Waals surface area (Å²) in [5.74, 6) is 0.0582. The molecule has 2 aromatic rings. The highest BCUT2D eigenvalue weighted by molar-refractivity contribution is 6.32. The van der Waals surface area contributed by atoms with Crippen molar-refractivity contribution in [1.82, 2.24) is 15.6 Å². The summed E-state index contributed by atoms with van der Waals surface area (Å²) in [5.41, 5.74) is -1.05. The number of alkyl halides is 3. The predicted octanol–water partition coefficient (Wildman–Crippen LogP) is 4.50. The number of aromatic nitrogens is 1. The maximum atomic E-state index is 13.0. The fourth-order valence-electron chi connectivity index (χ4n) is 4.83. The second-order valence-corrected chi connectivity index (χ2v) is 10.1. The zero-order chi connectivity index (χ0) is 26.1. The molecule has 11 heteroatoms. The molecule has 194 valence electrons. The number of halogens is 4. The van der Waals surface area contributed by atoms with E-state index in [4.69, 9.17) is 16.3 Å². The molecule has 1 aromatic carbocycles. The fraction of sp³-hybridized carbons (Fsp3) is 0.480. The van der Waals surface area contributed by atoms with Crippen molar-refractivity contribution in [3.63, 3.8) is 0 Å². The van der Waals surface area contributed by atoms with Gasteiger partial charge in [-0.1, -0.05) is 23.7 Å². The summed E-state index contributed by atoms with van der Waals surface area (Å²) in [4.78, 5) is 31.5. The first-order valence-electron chi connectivity index (χ1n) is 11.8. The lowest BCUT2D eigenvalue weighted by molar-refractivity contribution is -0.135. The number of para-hydroxylation sites is 1. The molecule has 2 bridgehead atoms. The van der Waals surface area contributed by atoms with Crippen LogP contribution in [0, 0.1) is 0 Å². The number of benzene rings is 1. The van der Waals surface area contributed by atoms with Gasteiger partial charge in [0.1, 0.15) is 18.1 Å². The standard InChI is InChI=1S/C25H28ClF3N4O3/c1-24(2,36-20-6-4-3-5-19(20)26)23(35)32-16-11-17-8-9-18(12-16)33(17)21-10-7-15(13-30-21)22(34)31-14-25(27,28)29/h3-7,10,13,16-18H,8-9,11-12,14H2,1-2H3,(H,31,34)(H,32,35). The number of anilines is 1. The van der Waals surface area contributed by atoms with Crippen molar-refractivity contribution in [2.24, 2.45) is 0 Å². The van der Waals surface area contributed by atoms with Gasteiger partial charge in [-0.2, -0.15) is 13.2 Å². The van der Waals surface area contributed by atoms with Crippen LogP contribution >= 0.6 is 11.6 Å². The van der Waals surface area contributed by atoms with Crippen molar-refractivity contribution < 1.29 is 27.5 Å². The van der Waals surface area contributed by atoms with Gasteiger partial charge in [-0.25, -0.2) is 4.98 Å². The van der Waals surface area contributed by atoms with Gasteiger partial charge >= 0.3 is 6.18 Å². The Kier molecular flexibility index (Phi) is 7.36. The van der Waals surface area contributed by atoms with Crippen LogP contribution in [0.15, 0.2) is 42.6 Å². The number of carbonyl (C=O) groups excluding carboxylic acids is 2. The molecule has 4 rings (SSSR count). The molecule has 0 radical (unpaired) electrons. The van der Waals surface area contributed by atoms with Crippen LogP contribution in [-0.2, 0) is 4.79 Å². The van der Waals surface area contributed by atoms with Gasteiger partial charge < -0.3 is 20.3 Å². The van der Waals surface area contributed by atoms with E-state index in [9.17, 15) is 22.8 Å². The number of fused-ring (bicyclic) bond motifs is 2. The van der Waals surface area contributed by atoms with Gasteiger partial charge in [0.15, 0.2) is 5.60 Å². The van der Waals surface area contributed by atoms with E-state index in [1.165, 1.54) is 12.3 Å². The van der Waals surface area contributed by atoms with Gasteiger partial charge in [0.05, 0.1) is 10.6 Å². The van der Waals surface area contributed by atoms with Gasteiger partial charge in [-0.15, -0.1) is 0 Å². The van der Waals surface area contributed by atoms with Gasteiger partial charge in [-0.05, 0) is 63.8 Å².